The van der Waals surface area contributed by atoms with Crippen LogP contribution in [0.5, 0.6) is 0 Å². The lowest BCUT2D eigenvalue weighted by molar-refractivity contribution is 0.837. The van der Waals surface area contributed by atoms with E-state index in [2.05, 4.69) is 23.2 Å². The minimum atomic E-state index is 0.495. The molecule has 0 N–H and O–H groups in total. The average Bonchev–Trinajstić information content (AvgIpc) is 2.52. The van der Waals surface area contributed by atoms with Crippen molar-refractivity contribution in [1.82, 2.24) is 10.2 Å². The van der Waals surface area contributed by atoms with Gasteiger partial charge in [-0.2, -0.15) is 0 Å². The van der Waals surface area contributed by atoms with E-state index < -0.39 is 0 Å². The van der Waals surface area contributed by atoms with E-state index in [-0.39, 0.29) is 0 Å². The Morgan fingerprint density at radius 2 is 2.12 bits per heavy atom. The van der Waals surface area contributed by atoms with E-state index in [1.54, 1.807) is 0 Å². The molecule has 4 heteroatoms. The van der Waals surface area contributed by atoms with Gasteiger partial charge in [-0.05, 0) is 43.9 Å². The van der Waals surface area contributed by atoms with Crippen LogP contribution in [0, 0.1) is 6.92 Å². The van der Waals surface area contributed by atoms with Gasteiger partial charge in [-0.25, -0.2) is 0 Å². The summed E-state index contributed by atoms with van der Waals surface area (Å²) in [6.07, 6.45) is 3.36. The molecule has 0 aromatic carbocycles. The van der Waals surface area contributed by atoms with Crippen molar-refractivity contribution < 1.29 is 0 Å². The first-order valence-corrected chi connectivity index (χ1v) is 6.55. The standard InChI is InChI=1S/C12H11ClN2S/c1-7-5-9-10(16-7)4-2-3-8-6-11(13)14-15-12(8)9/h5-6H,2-4H2,1H3. The number of aryl methyl sites for hydroxylation is 3. The van der Waals surface area contributed by atoms with Crippen molar-refractivity contribution in [2.45, 2.75) is 26.2 Å². The molecule has 0 amide bonds. The molecular weight excluding hydrogens is 240 g/mol. The van der Waals surface area contributed by atoms with Gasteiger partial charge in [-0.1, -0.05) is 11.6 Å². The summed E-state index contributed by atoms with van der Waals surface area (Å²) in [6, 6.07) is 4.17. The van der Waals surface area contributed by atoms with Crippen LogP contribution >= 0.6 is 22.9 Å². The SMILES string of the molecule is Cc1cc2c(s1)CCCc1cc(Cl)nnc1-2. The molecule has 0 radical (unpaired) electrons. The highest BCUT2D eigenvalue weighted by molar-refractivity contribution is 7.12. The first-order valence-electron chi connectivity index (χ1n) is 5.36. The molecule has 0 spiro atoms. The number of thiophene rings is 1. The molecular formula is C12H11ClN2S. The molecule has 0 saturated carbocycles. The Hall–Kier alpha value is -0.930. The number of halogens is 1. The molecule has 0 atom stereocenters. The van der Waals surface area contributed by atoms with E-state index in [9.17, 15) is 0 Å². The van der Waals surface area contributed by atoms with Crippen molar-refractivity contribution in [3.8, 4) is 11.3 Å². The fraction of sp³-hybridized carbons (Fsp3) is 0.333. The average molecular weight is 251 g/mol. The van der Waals surface area contributed by atoms with Crippen LogP contribution in [0.25, 0.3) is 11.3 Å². The molecule has 2 heterocycles. The number of fused-ring (bicyclic) bond motifs is 3. The van der Waals surface area contributed by atoms with Gasteiger partial charge in [0.1, 0.15) is 0 Å². The van der Waals surface area contributed by atoms with Crippen LogP contribution in [0.3, 0.4) is 0 Å². The van der Waals surface area contributed by atoms with Gasteiger partial charge in [0.15, 0.2) is 5.15 Å². The number of rotatable bonds is 0. The molecule has 0 unspecified atom stereocenters. The molecule has 1 aliphatic rings. The van der Waals surface area contributed by atoms with Crippen molar-refractivity contribution in [2.24, 2.45) is 0 Å². The van der Waals surface area contributed by atoms with Crippen molar-refractivity contribution in [1.29, 1.82) is 0 Å². The summed E-state index contributed by atoms with van der Waals surface area (Å²) in [5.41, 5.74) is 3.52. The lowest BCUT2D eigenvalue weighted by Crippen LogP contribution is -1.94. The van der Waals surface area contributed by atoms with Crippen molar-refractivity contribution in [2.75, 3.05) is 0 Å². The highest BCUT2D eigenvalue weighted by atomic mass is 35.5. The van der Waals surface area contributed by atoms with Crippen LogP contribution in [0.2, 0.25) is 5.15 Å². The highest BCUT2D eigenvalue weighted by Gasteiger charge is 2.18. The Morgan fingerprint density at radius 3 is 3.00 bits per heavy atom. The molecule has 3 rings (SSSR count). The third kappa shape index (κ3) is 1.64. The quantitative estimate of drug-likeness (QED) is 0.713. The Kier molecular flexibility index (Phi) is 2.45. The number of hydrogen-bond acceptors (Lipinski definition) is 3. The second-order valence-corrected chi connectivity index (χ2v) is 5.82. The second-order valence-electron chi connectivity index (χ2n) is 4.09. The van der Waals surface area contributed by atoms with E-state index >= 15 is 0 Å². The lowest BCUT2D eigenvalue weighted by atomic mass is 10.1. The van der Waals surface area contributed by atoms with Crippen LogP contribution in [-0.4, -0.2) is 10.2 Å². The molecule has 2 aromatic rings. The minimum absolute atomic E-state index is 0.495. The van der Waals surface area contributed by atoms with E-state index in [0.717, 1.165) is 18.5 Å². The predicted octanol–water partition coefficient (Wildman–Crippen LogP) is 3.66. The first-order chi connectivity index (χ1) is 7.74. The van der Waals surface area contributed by atoms with E-state index in [4.69, 9.17) is 11.6 Å². The normalized spacial score (nSPS) is 14.1. The Bertz CT molecular complexity index is 548. The van der Waals surface area contributed by atoms with Crippen molar-refractivity contribution in [3.63, 3.8) is 0 Å². The topological polar surface area (TPSA) is 25.8 Å². The summed E-state index contributed by atoms with van der Waals surface area (Å²) in [4.78, 5) is 2.78. The molecule has 0 aliphatic heterocycles. The number of aromatic nitrogens is 2. The maximum atomic E-state index is 5.89. The molecule has 0 bridgehead atoms. The van der Waals surface area contributed by atoms with Gasteiger partial charge >= 0.3 is 0 Å². The monoisotopic (exact) mass is 250 g/mol. The first kappa shape index (κ1) is 10.2. The third-order valence-electron chi connectivity index (χ3n) is 2.88. The van der Waals surface area contributed by atoms with Crippen molar-refractivity contribution >= 4 is 22.9 Å². The maximum Gasteiger partial charge on any atom is 0.152 e. The van der Waals surface area contributed by atoms with E-state index in [1.165, 1.54) is 27.3 Å². The molecule has 2 nitrogen and oxygen atoms in total. The molecule has 1 aliphatic carbocycles. The lowest BCUT2D eigenvalue weighted by Gasteiger charge is -2.03. The Morgan fingerprint density at radius 1 is 1.25 bits per heavy atom. The summed E-state index contributed by atoms with van der Waals surface area (Å²) in [6.45, 7) is 2.14. The predicted molar refractivity (Wildman–Crippen MR) is 67.1 cm³/mol. The zero-order valence-corrected chi connectivity index (χ0v) is 10.5. The van der Waals surface area contributed by atoms with Gasteiger partial charge in [-0.3, -0.25) is 0 Å². The van der Waals surface area contributed by atoms with Gasteiger partial charge < -0.3 is 0 Å². The van der Waals surface area contributed by atoms with Gasteiger partial charge in [0.05, 0.1) is 5.69 Å². The molecule has 0 saturated heterocycles. The Labute approximate surface area is 103 Å². The summed E-state index contributed by atoms with van der Waals surface area (Å²) >= 11 is 7.76. The van der Waals surface area contributed by atoms with Gasteiger partial charge in [0.25, 0.3) is 0 Å². The van der Waals surface area contributed by atoms with Crippen LogP contribution in [0.15, 0.2) is 12.1 Å². The van der Waals surface area contributed by atoms with Gasteiger partial charge in [0, 0.05) is 15.3 Å². The molecule has 0 fully saturated rings. The second kappa shape index (κ2) is 3.82. The van der Waals surface area contributed by atoms with E-state index in [1.807, 2.05) is 17.4 Å². The van der Waals surface area contributed by atoms with Gasteiger partial charge in [0.2, 0.25) is 0 Å². The van der Waals surface area contributed by atoms with Gasteiger partial charge in [-0.15, -0.1) is 21.5 Å². The summed E-state index contributed by atoms with van der Waals surface area (Å²) < 4.78 is 0. The summed E-state index contributed by atoms with van der Waals surface area (Å²) in [5, 5.41) is 8.72. The van der Waals surface area contributed by atoms with Crippen LogP contribution in [-0.2, 0) is 12.8 Å². The van der Waals surface area contributed by atoms with Crippen LogP contribution in [0.4, 0.5) is 0 Å². The zero-order valence-electron chi connectivity index (χ0n) is 8.96. The Balaban J connectivity index is 2.24. The fourth-order valence-electron chi connectivity index (χ4n) is 2.21. The summed E-state index contributed by atoms with van der Waals surface area (Å²) in [5.74, 6) is 0. The van der Waals surface area contributed by atoms with E-state index in [0.29, 0.717) is 5.15 Å². The molecule has 16 heavy (non-hydrogen) atoms. The molecule has 2 aromatic heterocycles. The van der Waals surface area contributed by atoms with Crippen molar-refractivity contribution in [3.05, 3.63) is 32.6 Å². The van der Waals surface area contributed by atoms with Crippen LogP contribution in [0.1, 0.15) is 21.7 Å². The maximum absolute atomic E-state index is 5.89. The largest absolute Gasteiger partial charge is 0.152 e. The third-order valence-corrected chi connectivity index (χ3v) is 4.18. The number of hydrogen-bond donors (Lipinski definition) is 0. The van der Waals surface area contributed by atoms with Crippen LogP contribution < -0.4 is 0 Å². The minimum Gasteiger partial charge on any atom is -0.149 e. The number of nitrogens with zero attached hydrogens (tertiary/aromatic N) is 2. The fourth-order valence-corrected chi connectivity index (χ4v) is 3.46. The highest BCUT2D eigenvalue weighted by Crippen LogP contribution is 2.36. The smallest absolute Gasteiger partial charge is 0.149 e. The summed E-state index contributed by atoms with van der Waals surface area (Å²) in [7, 11) is 0. The molecule has 82 valence electrons. The zero-order chi connectivity index (χ0) is 11.1.